The van der Waals surface area contributed by atoms with Crippen molar-refractivity contribution in [2.24, 2.45) is 17.8 Å². The van der Waals surface area contributed by atoms with E-state index in [2.05, 4.69) is 24.8 Å². The standard InChI is InChI=1S/C14H20O2/c1-3-5-11(6-4-2)12-7-9-13(10-8-12)14(15)16/h3-4,6-7,9,11-13H,1,5,8,10H2,2H3,(H,15,16)/b6-4-/t11?,12?,13-/m1/s1. The number of rotatable bonds is 5. The van der Waals surface area contributed by atoms with E-state index in [9.17, 15) is 4.79 Å². The summed E-state index contributed by atoms with van der Waals surface area (Å²) in [4.78, 5) is 10.8. The molecule has 2 heteroatoms. The first-order valence-electron chi connectivity index (χ1n) is 5.83. The summed E-state index contributed by atoms with van der Waals surface area (Å²) in [7, 11) is 0. The van der Waals surface area contributed by atoms with Crippen molar-refractivity contribution in [2.75, 3.05) is 0 Å². The maximum atomic E-state index is 10.8. The Morgan fingerprint density at radius 1 is 1.56 bits per heavy atom. The quantitative estimate of drug-likeness (QED) is 0.721. The first-order valence-corrected chi connectivity index (χ1v) is 5.83. The second kappa shape index (κ2) is 6.31. The zero-order valence-electron chi connectivity index (χ0n) is 9.80. The van der Waals surface area contributed by atoms with E-state index in [1.807, 2.05) is 19.1 Å². The van der Waals surface area contributed by atoms with Crippen LogP contribution in [-0.2, 0) is 4.79 Å². The third-order valence-corrected chi connectivity index (χ3v) is 3.15. The van der Waals surface area contributed by atoms with Crippen LogP contribution >= 0.6 is 0 Å². The highest BCUT2D eigenvalue weighted by atomic mass is 16.4. The van der Waals surface area contributed by atoms with Gasteiger partial charge in [0.25, 0.3) is 0 Å². The summed E-state index contributed by atoms with van der Waals surface area (Å²) in [5.41, 5.74) is 0. The Hall–Kier alpha value is -1.31. The highest BCUT2D eigenvalue weighted by Gasteiger charge is 2.24. The highest BCUT2D eigenvalue weighted by Crippen LogP contribution is 2.30. The van der Waals surface area contributed by atoms with Gasteiger partial charge in [0, 0.05) is 0 Å². The summed E-state index contributed by atoms with van der Waals surface area (Å²) >= 11 is 0. The van der Waals surface area contributed by atoms with Crippen LogP contribution in [0.15, 0.2) is 37.0 Å². The van der Waals surface area contributed by atoms with Crippen LogP contribution in [0.25, 0.3) is 0 Å². The lowest BCUT2D eigenvalue weighted by Crippen LogP contribution is -2.20. The van der Waals surface area contributed by atoms with E-state index in [1.54, 1.807) is 0 Å². The van der Waals surface area contributed by atoms with Crippen LogP contribution in [-0.4, -0.2) is 11.1 Å². The smallest absolute Gasteiger partial charge is 0.310 e. The van der Waals surface area contributed by atoms with Gasteiger partial charge >= 0.3 is 5.97 Å². The molecule has 1 aliphatic carbocycles. The topological polar surface area (TPSA) is 37.3 Å². The van der Waals surface area contributed by atoms with Crippen LogP contribution in [0.1, 0.15) is 26.2 Å². The van der Waals surface area contributed by atoms with E-state index in [0.29, 0.717) is 11.8 Å². The first kappa shape index (κ1) is 12.8. The van der Waals surface area contributed by atoms with E-state index >= 15 is 0 Å². The van der Waals surface area contributed by atoms with Crippen LogP contribution < -0.4 is 0 Å². The lowest BCUT2D eigenvalue weighted by molar-refractivity contribution is -0.140. The SMILES string of the molecule is C=CCC(/C=C\C)C1C=C[C@@H](C(=O)O)CC1. The second-order valence-electron chi connectivity index (χ2n) is 4.28. The molecule has 0 fully saturated rings. The van der Waals surface area contributed by atoms with Crippen molar-refractivity contribution in [3.05, 3.63) is 37.0 Å². The van der Waals surface area contributed by atoms with Gasteiger partial charge in [-0.05, 0) is 38.0 Å². The summed E-state index contributed by atoms with van der Waals surface area (Å²) in [6.45, 7) is 5.79. The molecule has 16 heavy (non-hydrogen) atoms. The molecule has 0 heterocycles. The van der Waals surface area contributed by atoms with Crippen molar-refractivity contribution in [2.45, 2.75) is 26.2 Å². The molecule has 0 bridgehead atoms. The van der Waals surface area contributed by atoms with Crippen molar-refractivity contribution in [3.63, 3.8) is 0 Å². The molecule has 0 radical (unpaired) electrons. The predicted molar refractivity (Wildman–Crippen MR) is 66.1 cm³/mol. The fourth-order valence-electron chi connectivity index (χ4n) is 2.24. The number of hydrogen-bond acceptors (Lipinski definition) is 1. The normalized spacial score (nSPS) is 26.8. The van der Waals surface area contributed by atoms with Crippen molar-refractivity contribution in [1.29, 1.82) is 0 Å². The molecular weight excluding hydrogens is 200 g/mol. The van der Waals surface area contributed by atoms with Gasteiger partial charge < -0.3 is 5.11 Å². The summed E-state index contributed by atoms with van der Waals surface area (Å²) in [6.07, 6.45) is 12.8. The van der Waals surface area contributed by atoms with E-state index in [4.69, 9.17) is 5.11 Å². The third-order valence-electron chi connectivity index (χ3n) is 3.15. The zero-order valence-corrected chi connectivity index (χ0v) is 9.80. The van der Waals surface area contributed by atoms with Crippen molar-refractivity contribution >= 4 is 5.97 Å². The summed E-state index contributed by atoms with van der Waals surface area (Å²) in [6, 6.07) is 0. The van der Waals surface area contributed by atoms with Gasteiger partial charge in [-0.15, -0.1) is 6.58 Å². The molecule has 88 valence electrons. The van der Waals surface area contributed by atoms with E-state index in [1.165, 1.54) is 0 Å². The molecule has 0 aromatic rings. The Labute approximate surface area is 97.4 Å². The Bertz CT molecular complexity index is 302. The minimum atomic E-state index is -0.707. The molecule has 0 saturated heterocycles. The monoisotopic (exact) mass is 220 g/mol. The summed E-state index contributed by atoms with van der Waals surface area (Å²) < 4.78 is 0. The van der Waals surface area contributed by atoms with Gasteiger partial charge in [-0.25, -0.2) is 0 Å². The van der Waals surface area contributed by atoms with Crippen molar-refractivity contribution < 1.29 is 9.90 Å². The van der Waals surface area contributed by atoms with Crippen LogP contribution in [0, 0.1) is 17.8 Å². The third kappa shape index (κ3) is 3.37. The van der Waals surface area contributed by atoms with Gasteiger partial charge in [0.1, 0.15) is 0 Å². The minimum Gasteiger partial charge on any atom is -0.481 e. The van der Waals surface area contributed by atoms with Crippen molar-refractivity contribution in [1.82, 2.24) is 0 Å². The maximum absolute atomic E-state index is 10.8. The summed E-state index contributed by atoms with van der Waals surface area (Å²) in [5.74, 6) is -0.0643. The maximum Gasteiger partial charge on any atom is 0.310 e. The number of carboxylic acids is 1. The van der Waals surface area contributed by atoms with Gasteiger partial charge in [-0.2, -0.15) is 0 Å². The van der Waals surface area contributed by atoms with Gasteiger partial charge in [-0.1, -0.05) is 30.4 Å². The second-order valence-corrected chi connectivity index (χ2v) is 4.28. The van der Waals surface area contributed by atoms with Crippen LogP contribution in [0.3, 0.4) is 0 Å². The molecule has 0 aromatic heterocycles. The molecular formula is C14H20O2. The Morgan fingerprint density at radius 3 is 2.75 bits per heavy atom. The average Bonchev–Trinajstić information content (AvgIpc) is 2.29. The fourth-order valence-corrected chi connectivity index (χ4v) is 2.24. The Morgan fingerprint density at radius 2 is 2.31 bits per heavy atom. The van der Waals surface area contributed by atoms with Gasteiger partial charge in [-0.3, -0.25) is 4.79 Å². The number of carbonyl (C=O) groups is 1. The molecule has 2 nitrogen and oxygen atoms in total. The Kier molecular flexibility index (Phi) is 5.03. The number of aliphatic carboxylic acids is 1. The van der Waals surface area contributed by atoms with Crippen LogP contribution in [0.4, 0.5) is 0 Å². The van der Waals surface area contributed by atoms with Gasteiger partial charge in [0.05, 0.1) is 5.92 Å². The highest BCUT2D eigenvalue weighted by molar-refractivity contribution is 5.72. The average molecular weight is 220 g/mol. The van der Waals surface area contributed by atoms with Gasteiger partial charge in [0.15, 0.2) is 0 Å². The first-order chi connectivity index (χ1) is 7.69. The van der Waals surface area contributed by atoms with E-state index < -0.39 is 5.97 Å². The molecule has 1 N–H and O–H groups in total. The molecule has 0 spiro atoms. The largest absolute Gasteiger partial charge is 0.481 e. The minimum absolute atomic E-state index is 0.286. The zero-order chi connectivity index (χ0) is 12.0. The van der Waals surface area contributed by atoms with E-state index in [-0.39, 0.29) is 5.92 Å². The fraction of sp³-hybridized carbons (Fsp3) is 0.500. The number of hydrogen-bond donors (Lipinski definition) is 1. The van der Waals surface area contributed by atoms with Gasteiger partial charge in [0.2, 0.25) is 0 Å². The summed E-state index contributed by atoms with van der Waals surface area (Å²) in [5, 5.41) is 8.89. The van der Waals surface area contributed by atoms with Crippen LogP contribution in [0.5, 0.6) is 0 Å². The molecule has 0 aromatic carbocycles. The molecule has 1 aliphatic rings. The lowest BCUT2D eigenvalue weighted by atomic mass is 9.79. The number of carboxylic acid groups (broad SMARTS) is 1. The van der Waals surface area contributed by atoms with Crippen LogP contribution in [0.2, 0.25) is 0 Å². The Balaban J connectivity index is 2.64. The van der Waals surface area contributed by atoms with Crippen molar-refractivity contribution in [3.8, 4) is 0 Å². The molecule has 0 aliphatic heterocycles. The molecule has 2 unspecified atom stereocenters. The van der Waals surface area contributed by atoms with E-state index in [0.717, 1.165) is 19.3 Å². The molecule has 3 atom stereocenters. The molecule has 1 rings (SSSR count). The molecule has 0 amide bonds. The number of allylic oxidation sites excluding steroid dienone is 4. The molecule has 0 saturated carbocycles. The predicted octanol–water partition coefficient (Wildman–Crippen LogP) is 3.42. The lowest BCUT2D eigenvalue weighted by Gasteiger charge is -2.25.